The van der Waals surface area contributed by atoms with Crippen molar-refractivity contribution in [2.75, 3.05) is 0 Å². The standard InChI is InChI=1S/C11H16N2O4/c1-9(2)10(3,7(15)16)4-5-11(9)6(14)12-8(17)13-11/h4-5H2,1-3H3,(H,15,16)(H2,12,13,14,17)/t10-,11+/m1/s1. The number of hydrogen-bond donors (Lipinski definition) is 3. The fourth-order valence-corrected chi connectivity index (χ4v) is 3.02. The highest BCUT2D eigenvalue weighted by Crippen LogP contribution is 2.58. The Hall–Kier alpha value is -1.59. The minimum Gasteiger partial charge on any atom is -0.481 e. The number of nitrogens with one attached hydrogen (secondary N) is 2. The molecule has 3 N–H and O–H groups in total. The van der Waals surface area contributed by atoms with Crippen molar-refractivity contribution in [3.05, 3.63) is 0 Å². The fraction of sp³-hybridized carbons (Fsp3) is 0.727. The molecule has 0 aromatic carbocycles. The van der Waals surface area contributed by atoms with E-state index >= 15 is 0 Å². The second-order valence-corrected chi connectivity index (χ2v) is 5.58. The van der Waals surface area contributed by atoms with Crippen LogP contribution in [0.3, 0.4) is 0 Å². The molecule has 2 fully saturated rings. The molecular weight excluding hydrogens is 224 g/mol. The number of hydrogen-bond acceptors (Lipinski definition) is 3. The van der Waals surface area contributed by atoms with Crippen LogP contribution in [0.1, 0.15) is 33.6 Å². The van der Waals surface area contributed by atoms with E-state index in [-0.39, 0.29) is 0 Å². The van der Waals surface area contributed by atoms with E-state index in [9.17, 15) is 19.5 Å². The van der Waals surface area contributed by atoms with E-state index in [0.717, 1.165) is 0 Å². The SMILES string of the molecule is CC1(C)[C@@]2(CC[C@]1(C)C(=O)O)NC(=O)NC2=O. The lowest BCUT2D eigenvalue weighted by Gasteiger charge is -2.42. The van der Waals surface area contributed by atoms with Crippen LogP contribution < -0.4 is 10.6 Å². The molecule has 0 unspecified atom stereocenters. The molecule has 0 radical (unpaired) electrons. The first-order valence-corrected chi connectivity index (χ1v) is 5.54. The van der Waals surface area contributed by atoms with Crippen molar-refractivity contribution in [2.45, 2.75) is 39.2 Å². The van der Waals surface area contributed by atoms with Gasteiger partial charge in [0, 0.05) is 5.41 Å². The molecule has 0 aromatic rings. The Balaban J connectivity index is 2.52. The Morgan fingerprint density at radius 2 is 1.82 bits per heavy atom. The Morgan fingerprint density at radius 1 is 1.24 bits per heavy atom. The van der Waals surface area contributed by atoms with Crippen molar-refractivity contribution in [1.82, 2.24) is 10.6 Å². The normalized spacial score (nSPS) is 39.2. The van der Waals surface area contributed by atoms with Gasteiger partial charge in [-0.3, -0.25) is 14.9 Å². The Morgan fingerprint density at radius 3 is 2.18 bits per heavy atom. The van der Waals surface area contributed by atoms with Crippen LogP contribution in [0.15, 0.2) is 0 Å². The molecule has 1 spiro atoms. The molecule has 1 saturated carbocycles. The highest BCUT2D eigenvalue weighted by atomic mass is 16.4. The van der Waals surface area contributed by atoms with Crippen LogP contribution in [0, 0.1) is 10.8 Å². The summed E-state index contributed by atoms with van der Waals surface area (Å²) in [6, 6.07) is -0.544. The van der Waals surface area contributed by atoms with Crippen molar-refractivity contribution in [3.8, 4) is 0 Å². The predicted molar refractivity (Wildman–Crippen MR) is 58.2 cm³/mol. The minimum atomic E-state index is -1.10. The molecule has 17 heavy (non-hydrogen) atoms. The monoisotopic (exact) mass is 240 g/mol. The molecular formula is C11H16N2O4. The maximum absolute atomic E-state index is 11.9. The maximum Gasteiger partial charge on any atom is 0.322 e. The highest BCUT2D eigenvalue weighted by Gasteiger charge is 2.69. The van der Waals surface area contributed by atoms with Crippen LogP contribution in [0.4, 0.5) is 4.79 Å². The molecule has 6 nitrogen and oxygen atoms in total. The van der Waals surface area contributed by atoms with Gasteiger partial charge in [-0.1, -0.05) is 13.8 Å². The zero-order valence-electron chi connectivity index (χ0n) is 10.1. The van der Waals surface area contributed by atoms with Crippen molar-refractivity contribution in [2.24, 2.45) is 10.8 Å². The van der Waals surface area contributed by atoms with Crippen molar-refractivity contribution < 1.29 is 19.5 Å². The molecule has 0 bridgehead atoms. The largest absolute Gasteiger partial charge is 0.481 e. The molecule has 2 rings (SSSR count). The summed E-state index contributed by atoms with van der Waals surface area (Å²) in [5.41, 5.74) is -2.97. The molecule has 0 aromatic heterocycles. The van der Waals surface area contributed by atoms with Crippen LogP contribution in [-0.2, 0) is 9.59 Å². The second kappa shape index (κ2) is 3.00. The number of rotatable bonds is 1. The van der Waals surface area contributed by atoms with Gasteiger partial charge in [-0.15, -0.1) is 0 Å². The van der Waals surface area contributed by atoms with Gasteiger partial charge < -0.3 is 10.4 Å². The van der Waals surface area contributed by atoms with Gasteiger partial charge in [-0.2, -0.15) is 0 Å². The van der Waals surface area contributed by atoms with Gasteiger partial charge in [0.25, 0.3) is 5.91 Å². The third-order valence-corrected chi connectivity index (χ3v) is 4.86. The summed E-state index contributed by atoms with van der Waals surface area (Å²) in [6.45, 7) is 5.07. The molecule has 3 amide bonds. The molecule has 6 heteroatoms. The summed E-state index contributed by atoms with van der Waals surface area (Å²) in [6.07, 6.45) is 0.712. The lowest BCUT2D eigenvalue weighted by atomic mass is 9.62. The molecule has 1 saturated heterocycles. The average Bonchev–Trinajstić information content (AvgIpc) is 2.59. The summed E-state index contributed by atoms with van der Waals surface area (Å²) in [5.74, 6) is -1.36. The maximum atomic E-state index is 11.9. The third kappa shape index (κ3) is 1.13. The number of imide groups is 1. The van der Waals surface area contributed by atoms with Crippen molar-refractivity contribution >= 4 is 17.9 Å². The average molecular weight is 240 g/mol. The zero-order chi connectivity index (χ0) is 13.1. The van der Waals surface area contributed by atoms with E-state index in [2.05, 4.69) is 10.6 Å². The lowest BCUT2D eigenvalue weighted by molar-refractivity contribution is -0.155. The number of carbonyl (C=O) groups is 3. The van der Waals surface area contributed by atoms with Gasteiger partial charge in [-0.05, 0) is 19.8 Å². The summed E-state index contributed by atoms with van der Waals surface area (Å²) < 4.78 is 0. The summed E-state index contributed by atoms with van der Waals surface area (Å²) in [7, 11) is 0. The lowest BCUT2D eigenvalue weighted by Crippen LogP contribution is -2.59. The Labute approximate surface area is 98.8 Å². The van der Waals surface area contributed by atoms with Gasteiger partial charge in [0.05, 0.1) is 5.41 Å². The van der Waals surface area contributed by atoms with Crippen LogP contribution >= 0.6 is 0 Å². The van der Waals surface area contributed by atoms with E-state index in [1.54, 1.807) is 20.8 Å². The van der Waals surface area contributed by atoms with Gasteiger partial charge in [0.2, 0.25) is 0 Å². The number of aliphatic carboxylic acids is 1. The number of amides is 3. The van der Waals surface area contributed by atoms with E-state index < -0.39 is 34.3 Å². The van der Waals surface area contributed by atoms with Crippen LogP contribution in [0.5, 0.6) is 0 Å². The Kier molecular flexibility index (Phi) is 2.09. The first kappa shape index (κ1) is 11.9. The molecule has 2 atom stereocenters. The van der Waals surface area contributed by atoms with Gasteiger partial charge in [-0.25, -0.2) is 4.79 Å². The summed E-state index contributed by atoms with van der Waals surface area (Å²) >= 11 is 0. The third-order valence-electron chi connectivity index (χ3n) is 4.86. The van der Waals surface area contributed by atoms with Crippen molar-refractivity contribution in [3.63, 3.8) is 0 Å². The van der Waals surface area contributed by atoms with E-state index in [1.165, 1.54) is 0 Å². The number of carbonyl (C=O) groups excluding carboxylic acids is 2. The molecule has 94 valence electrons. The first-order chi connectivity index (χ1) is 7.67. The number of carboxylic acid groups (broad SMARTS) is 1. The molecule has 1 aliphatic carbocycles. The topological polar surface area (TPSA) is 95.5 Å². The van der Waals surface area contributed by atoms with E-state index in [1.807, 2.05) is 0 Å². The van der Waals surface area contributed by atoms with Crippen LogP contribution in [0.2, 0.25) is 0 Å². The number of urea groups is 1. The fourth-order valence-electron chi connectivity index (χ4n) is 3.02. The molecule has 1 aliphatic heterocycles. The minimum absolute atomic E-state index is 0.348. The second-order valence-electron chi connectivity index (χ2n) is 5.58. The first-order valence-electron chi connectivity index (χ1n) is 5.54. The predicted octanol–water partition coefficient (Wildman–Crippen LogP) is 0.476. The van der Waals surface area contributed by atoms with E-state index in [0.29, 0.717) is 12.8 Å². The number of carboxylic acids is 1. The molecule has 2 aliphatic rings. The van der Waals surface area contributed by atoms with Gasteiger partial charge in [0.15, 0.2) is 0 Å². The molecule has 1 heterocycles. The Bertz CT molecular complexity index is 431. The summed E-state index contributed by atoms with van der Waals surface area (Å²) in [5, 5.41) is 14.2. The van der Waals surface area contributed by atoms with Crippen LogP contribution in [0.25, 0.3) is 0 Å². The highest BCUT2D eigenvalue weighted by molar-refractivity contribution is 6.08. The van der Waals surface area contributed by atoms with Gasteiger partial charge >= 0.3 is 12.0 Å². The van der Waals surface area contributed by atoms with E-state index in [4.69, 9.17) is 0 Å². The van der Waals surface area contributed by atoms with Crippen LogP contribution in [-0.4, -0.2) is 28.6 Å². The van der Waals surface area contributed by atoms with Gasteiger partial charge in [0.1, 0.15) is 5.54 Å². The summed E-state index contributed by atoms with van der Waals surface area (Å²) in [4.78, 5) is 34.7. The quantitative estimate of drug-likeness (QED) is 0.581. The van der Waals surface area contributed by atoms with Crippen molar-refractivity contribution in [1.29, 1.82) is 0 Å². The smallest absolute Gasteiger partial charge is 0.322 e. The zero-order valence-corrected chi connectivity index (χ0v) is 10.1.